The van der Waals surface area contributed by atoms with Crippen LogP contribution in [-0.4, -0.2) is 20.1 Å². The first-order valence-electron chi connectivity index (χ1n) is 1.97. The van der Waals surface area contributed by atoms with Crippen LogP contribution in [-0.2, 0) is 10.0 Å². The fraction of sp³-hybridized carbons (Fsp3) is 1.00. The second-order valence-corrected chi connectivity index (χ2v) is 3.26. The van der Waals surface area contributed by atoms with Gasteiger partial charge in [0.2, 0.25) is 10.0 Å². The van der Waals surface area contributed by atoms with Gasteiger partial charge < -0.3 is 0 Å². The summed E-state index contributed by atoms with van der Waals surface area (Å²) >= 11 is 5.06. The van der Waals surface area contributed by atoms with Crippen molar-refractivity contribution in [2.45, 2.75) is 0 Å². The smallest absolute Gasteiger partial charge is 0.221 e. The molecule has 0 saturated heterocycles. The van der Waals surface area contributed by atoms with Crippen LogP contribution in [0.5, 0.6) is 0 Å². The Bertz CT molecular complexity index is 216. The van der Waals surface area contributed by atoms with Gasteiger partial charge in [0, 0.05) is 15.3 Å². The zero-order valence-electron chi connectivity index (χ0n) is 4.36. The quantitative estimate of drug-likeness (QED) is 0.272. The highest BCUT2D eigenvalue weighted by Gasteiger charge is 2.03. The maximum absolute atomic E-state index is 10.3. The van der Waals surface area contributed by atoms with Gasteiger partial charge in [0.25, 0.3) is 0 Å². The molecule has 0 amide bonds. The van der Waals surface area contributed by atoms with Gasteiger partial charge in [0.15, 0.2) is 0 Å². The molecular weight excluding hydrogens is 166 g/mol. The summed E-state index contributed by atoms with van der Waals surface area (Å²) in [7, 11) is -3.61. The molecule has 0 rings (SSSR count). The predicted octanol–water partition coefficient (Wildman–Crippen LogP) is 0.865. The van der Waals surface area contributed by atoms with E-state index >= 15 is 0 Å². The van der Waals surface area contributed by atoms with Crippen LogP contribution >= 0.6 is 11.6 Å². The monoisotopic (exact) mass is 169 g/mol. The van der Waals surface area contributed by atoms with Crippen LogP contribution in [0.4, 0.5) is 0 Å². The molecule has 0 fully saturated rings. The Balaban J connectivity index is 4.22. The number of hydrogen-bond acceptors (Lipinski definition) is 2. The van der Waals surface area contributed by atoms with Gasteiger partial charge >= 0.3 is 0 Å². The molecule has 5 nitrogen and oxygen atoms in total. The Labute approximate surface area is 57.3 Å². The predicted molar refractivity (Wildman–Crippen MR) is 33.7 cm³/mol. The van der Waals surface area contributed by atoms with E-state index in [4.69, 9.17) is 17.1 Å². The summed E-state index contributed by atoms with van der Waals surface area (Å²) in [6, 6.07) is 0. The van der Waals surface area contributed by atoms with E-state index in [1.165, 1.54) is 0 Å². The minimum absolute atomic E-state index is 0.0542. The van der Waals surface area contributed by atoms with Crippen LogP contribution in [0.25, 0.3) is 10.4 Å². The number of hydrogen-bond donors (Lipinski definition) is 0. The van der Waals surface area contributed by atoms with Crippen molar-refractivity contribution in [3.63, 3.8) is 0 Å². The molecule has 0 unspecified atom stereocenters. The van der Waals surface area contributed by atoms with Crippen molar-refractivity contribution in [2.75, 3.05) is 11.6 Å². The SMILES string of the molecule is [N-]=[N+]=NS(=O)(=O)CCCl. The first-order chi connectivity index (χ1) is 4.12. The van der Waals surface area contributed by atoms with E-state index in [1.807, 2.05) is 0 Å². The highest BCUT2D eigenvalue weighted by molar-refractivity contribution is 7.90. The summed E-state index contributed by atoms with van der Waals surface area (Å²) in [4.78, 5) is 2.10. The molecule has 0 N–H and O–H groups in total. The molecule has 0 aromatic heterocycles. The first-order valence-corrected chi connectivity index (χ1v) is 4.12. The Morgan fingerprint density at radius 1 is 1.67 bits per heavy atom. The number of halogens is 1. The van der Waals surface area contributed by atoms with Gasteiger partial charge in [-0.25, -0.2) is 8.42 Å². The molecule has 0 aliphatic carbocycles. The Hall–Kier alpha value is -0.450. The molecule has 7 heteroatoms. The van der Waals surface area contributed by atoms with Crippen LogP contribution in [0.3, 0.4) is 0 Å². The Kier molecular flexibility index (Phi) is 3.37. The van der Waals surface area contributed by atoms with E-state index in [0.717, 1.165) is 0 Å². The maximum atomic E-state index is 10.3. The van der Waals surface area contributed by atoms with Crippen molar-refractivity contribution in [3.8, 4) is 0 Å². The largest absolute Gasteiger partial charge is 0.236 e. The number of sulfonamides is 1. The lowest BCUT2D eigenvalue weighted by atomic mass is 11.0. The number of rotatable bonds is 3. The lowest BCUT2D eigenvalue weighted by Gasteiger charge is -1.86. The molecular formula is C2H4ClN3O2S. The van der Waals surface area contributed by atoms with Gasteiger partial charge in [-0.15, -0.1) is 11.6 Å². The third-order valence-electron chi connectivity index (χ3n) is 0.496. The lowest BCUT2D eigenvalue weighted by molar-refractivity contribution is 0.599. The van der Waals surface area contributed by atoms with Crippen LogP contribution in [0.2, 0.25) is 0 Å². The average Bonchev–Trinajstić information content (AvgIpc) is 1.64. The zero-order valence-corrected chi connectivity index (χ0v) is 5.93. The molecule has 0 aromatic carbocycles. The van der Waals surface area contributed by atoms with Gasteiger partial charge in [-0.05, 0) is 5.53 Å². The number of azide groups is 1. The van der Waals surface area contributed by atoms with Crippen LogP contribution in [0.1, 0.15) is 0 Å². The topological polar surface area (TPSA) is 82.9 Å². The normalized spacial score (nSPS) is 10.3. The Morgan fingerprint density at radius 2 is 2.22 bits per heavy atom. The van der Waals surface area contributed by atoms with Crippen molar-refractivity contribution in [3.05, 3.63) is 10.4 Å². The molecule has 0 saturated carbocycles. The molecule has 0 spiro atoms. The third kappa shape index (κ3) is 4.08. The van der Waals surface area contributed by atoms with Crippen LogP contribution < -0.4 is 0 Å². The van der Waals surface area contributed by atoms with E-state index in [9.17, 15) is 8.42 Å². The lowest BCUT2D eigenvalue weighted by Crippen LogP contribution is -2.01. The first kappa shape index (κ1) is 8.55. The maximum Gasteiger partial charge on any atom is 0.236 e. The van der Waals surface area contributed by atoms with E-state index in [-0.39, 0.29) is 11.6 Å². The summed E-state index contributed by atoms with van der Waals surface area (Å²) in [6.45, 7) is 0. The fourth-order valence-electron chi connectivity index (χ4n) is 0.194. The van der Waals surface area contributed by atoms with Gasteiger partial charge in [0.05, 0.1) is 5.75 Å². The van der Waals surface area contributed by atoms with Gasteiger partial charge in [-0.1, -0.05) is 0 Å². The molecule has 0 bridgehead atoms. The van der Waals surface area contributed by atoms with Gasteiger partial charge in [-0.2, -0.15) is 0 Å². The van der Waals surface area contributed by atoms with E-state index < -0.39 is 10.0 Å². The minimum Gasteiger partial charge on any atom is -0.221 e. The van der Waals surface area contributed by atoms with Crippen molar-refractivity contribution < 1.29 is 8.42 Å². The van der Waals surface area contributed by atoms with Crippen molar-refractivity contribution >= 4 is 21.6 Å². The molecule has 0 aliphatic heterocycles. The molecule has 0 aromatic rings. The number of nitrogens with zero attached hydrogens (tertiary/aromatic N) is 3. The molecule has 0 aliphatic rings. The number of alkyl halides is 1. The minimum atomic E-state index is -3.61. The highest BCUT2D eigenvalue weighted by Crippen LogP contribution is 1.92. The molecule has 52 valence electrons. The second-order valence-electron chi connectivity index (χ2n) is 1.15. The Morgan fingerprint density at radius 3 is 2.56 bits per heavy atom. The zero-order chi connectivity index (χ0) is 7.33. The molecule has 0 radical (unpaired) electrons. The van der Waals surface area contributed by atoms with E-state index in [2.05, 4.69) is 9.43 Å². The van der Waals surface area contributed by atoms with Crippen LogP contribution in [0.15, 0.2) is 4.52 Å². The average molecular weight is 170 g/mol. The van der Waals surface area contributed by atoms with Crippen molar-refractivity contribution in [1.82, 2.24) is 0 Å². The third-order valence-corrected chi connectivity index (χ3v) is 1.95. The van der Waals surface area contributed by atoms with Crippen LogP contribution in [0, 0.1) is 0 Å². The van der Waals surface area contributed by atoms with Gasteiger partial charge in [0.1, 0.15) is 0 Å². The summed E-state index contributed by atoms with van der Waals surface area (Å²) in [6.07, 6.45) is 0. The molecule has 0 atom stereocenters. The second kappa shape index (κ2) is 3.55. The van der Waals surface area contributed by atoms with E-state index in [0.29, 0.717) is 0 Å². The highest BCUT2D eigenvalue weighted by atomic mass is 35.5. The molecule has 0 heterocycles. The standard InChI is InChI=1S/C2H4ClN3O2S/c3-1-2-9(7,8)6-5-4/h1-2H2. The van der Waals surface area contributed by atoms with E-state index in [1.54, 1.807) is 0 Å². The van der Waals surface area contributed by atoms with Crippen molar-refractivity contribution in [1.29, 1.82) is 0 Å². The fourth-order valence-corrected chi connectivity index (χ4v) is 1.17. The summed E-state index contributed by atoms with van der Waals surface area (Å²) in [5.74, 6) is -0.361. The molecule has 9 heavy (non-hydrogen) atoms. The summed E-state index contributed by atoms with van der Waals surface area (Å²) in [5.41, 5.74) is 7.66. The summed E-state index contributed by atoms with van der Waals surface area (Å²) in [5, 5.41) is 0. The van der Waals surface area contributed by atoms with Gasteiger partial charge in [-0.3, -0.25) is 0 Å². The summed E-state index contributed by atoms with van der Waals surface area (Å²) < 4.78 is 23.2. The van der Waals surface area contributed by atoms with Crippen molar-refractivity contribution in [2.24, 2.45) is 4.52 Å².